The van der Waals surface area contributed by atoms with Gasteiger partial charge in [-0.05, 0) is 30.7 Å². The second-order valence-electron chi connectivity index (χ2n) is 6.26. The molecule has 0 amide bonds. The van der Waals surface area contributed by atoms with E-state index in [0.29, 0.717) is 6.42 Å². The SMILES string of the molecule is Cc1nn2c(Cc3ccc4ncc(-c5cnn(C)c5)cc4c3)nnc2s1. The summed E-state index contributed by atoms with van der Waals surface area (Å²) in [5, 5.41) is 19.3. The summed E-state index contributed by atoms with van der Waals surface area (Å²) in [5.41, 5.74) is 4.24. The standard InChI is InChI=1S/C18H15N7S/c1-11-23-25-17(21-22-18(25)26-11)6-12-3-4-16-13(5-12)7-14(8-19-16)15-9-20-24(2)10-15/h3-5,7-10H,6H2,1-2H3. The van der Waals surface area contributed by atoms with E-state index in [9.17, 15) is 0 Å². The Balaban J connectivity index is 1.53. The molecule has 1 aromatic carbocycles. The van der Waals surface area contributed by atoms with Gasteiger partial charge in [-0.3, -0.25) is 9.67 Å². The zero-order valence-corrected chi connectivity index (χ0v) is 15.1. The highest BCUT2D eigenvalue weighted by atomic mass is 32.1. The fraction of sp³-hybridized carbons (Fsp3) is 0.167. The van der Waals surface area contributed by atoms with E-state index in [1.54, 1.807) is 16.0 Å². The predicted molar refractivity (Wildman–Crippen MR) is 100 cm³/mol. The maximum Gasteiger partial charge on any atom is 0.234 e. The van der Waals surface area contributed by atoms with Crippen LogP contribution in [0.3, 0.4) is 0 Å². The lowest BCUT2D eigenvalue weighted by molar-refractivity contribution is 0.768. The lowest BCUT2D eigenvalue weighted by Crippen LogP contribution is -1.98. The van der Waals surface area contributed by atoms with Crippen molar-refractivity contribution >= 4 is 27.2 Å². The average molecular weight is 361 g/mol. The van der Waals surface area contributed by atoms with Crippen LogP contribution in [0, 0.1) is 6.92 Å². The summed E-state index contributed by atoms with van der Waals surface area (Å²) < 4.78 is 3.62. The Labute approximate surface area is 153 Å². The van der Waals surface area contributed by atoms with Crippen LogP contribution < -0.4 is 0 Å². The van der Waals surface area contributed by atoms with Gasteiger partial charge in [0.15, 0.2) is 5.82 Å². The first kappa shape index (κ1) is 15.2. The zero-order valence-electron chi connectivity index (χ0n) is 14.3. The third-order valence-corrected chi connectivity index (χ3v) is 5.12. The third-order valence-electron chi connectivity index (χ3n) is 4.30. The molecule has 5 aromatic rings. The van der Waals surface area contributed by atoms with Crippen LogP contribution in [0.2, 0.25) is 0 Å². The third kappa shape index (κ3) is 2.55. The number of hydrogen-bond donors (Lipinski definition) is 0. The van der Waals surface area contributed by atoms with Gasteiger partial charge in [-0.15, -0.1) is 10.2 Å². The van der Waals surface area contributed by atoms with Crippen molar-refractivity contribution in [1.29, 1.82) is 0 Å². The minimum atomic E-state index is 0.678. The molecule has 0 atom stereocenters. The Hall–Kier alpha value is -3.13. The fourth-order valence-corrected chi connectivity index (χ4v) is 3.77. The molecule has 8 heteroatoms. The number of aromatic nitrogens is 7. The van der Waals surface area contributed by atoms with Crippen molar-refractivity contribution in [1.82, 2.24) is 34.6 Å². The molecule has 128 valence electrons. The van der Waals surface area contributed by atoms with Crippen LogP contribution >= 0.6 is 11.3 Å². The van der Waals surface area contributed by atoms with Gasteiger partial charge in [0, 0.05) is 42.4 Å². The molecule has 0 fully saturated rings. The monoisotopic (exact) mass is 361 g/mol. The van der Waals surface area contributed by atoms with Crippen molar-refractivity contribution < 1.29 is 0 Å². The number of hydrogen-bond acceptors (Lipinski definition) is 6. The van der Waals surface area contributed by atoms with Gasteiger partial charge in [0.2, 0.25) is 4.96 Å². The van der Waals surface area contributed by atoms with Crippen LogP contribution in [0.5, 0.6) is 0 Å². The van der Waals surface area contributed by atoms with Gasteiger partial charge >= 0.3 is 0 Å². The molecule has 0 saturated heterocycles. The quantitative estimate of drug-likeness (QED) is 0.494. The number of benzene rings is 1. The minimum absolute atomic E-state index is 0.678. The smallest absolute Gasteiger partial charge is 0.234 e. The van der Waals surface area contributed by atoms with E-state index in [2.05, 4.69) is 43.6 Å². The molecule has 0 spiro atoms. The predicted octanol–water partition coefficient (Wildman–Crippen LogP) is 3.03. The molecule has 0 unspecified atom stereocenters. The Bertz CT molecular complexity index is 1250. The summed E-state index contributed by atoms with van der Waals surface area (Å²) in [7, 11) is 1.91. The zero-order chi connectivity index (χ0) is 17.7. The van der Waals surface area contributed by atoms with Crippen molar-refractivity contribution in [2.45, 2.75) is 13.3 Å². The second kappa shape index (κ2) is 5.70. The number of nitrogens with zero attached hydrogens (tertiary/aromatic N) is 7. The molecular formula is C18H15N7S. The van der Waals surface area contributed by atoms with Gasteiger partial charge in [-0.25, -0.2) is 0 Å². The van der Waals surface area contributed by atoms with Crippen LogP contribution in [-0.4, -0.2) is 34.6 Å². The molecule has 4 heterocycles. The molecule has 0 aliphatic rings. The Morgan fingerprint density at radius 1 is 1.08 bits per heavy atom. The van der Waals surface area contributed by atoms with E-state index in [4.69, 9.17) is 0 Å². The highest BCUT2D eigenvalue weighted by Crippen LogP contribution is 2.24. The van der Waals surface area contributed by atoms with E-state index >= 15 is 0 Å². The first-order chi connectivity index (χ1) is 12.7. The summed E-state index contributed by atoms with van der Waals surface area (Å²) in [4.78, 5) is 5.41. The largest absolute Gasteiger partial charge is 0.275 e. The molecule has 5 rings (SSSR count). The lowest BCUT2D eigenvalue weighted by Gasteiger charge is -2.04. The van der Waals surface area contributed by atoms with Gasteiger partial charge in [0.05, 0.1) is 11.7 Å². The highest BCUT2D eigenvalue weighted by Gasteiger charge is 2.11. The Morgan fingerprint density at radius 3 is 2.85 bits per heavy atom. The maximum atomic E-state index is 4.58. The van der Waals surface area contributed by atoms with Crippen molar-refractivity contribution in [3.05, 3.63) is 59.3 Å². The lowest BCUT2D eigenvalue weighted by atomic mass is 10.0. The summed E-state index contributed by atoms with van der Waals surface area (Å²) in [6.07, 6.45) is 6.41. The van der Waals surface area contributed by atoms with Crippen LogP contribution in [0.15, 0.2) is 42.9 Å². The van der Waals surface area contributed by atoms with Gasteiger partial charge in [0.1, 0.15) is 5.01 Å². The van der Waals surface area contributed by atoms with E-state index in [1.165, 1.54) is 0 Å². The van der Waals surface area contributed by atoms with Crippen LogP contribution in [0.4, 0.5) is 0 Å². The molecule has 7 nitrogen and oxygen atoms in total. The summed E-state index contributed by atoms with van der Waals surface area (Å²) in [6, 6.07) is 8.43. The van der Waals surface area contributed by atoms with Gasteiger partial charge in [-0.1, -0.05) is 17.4 Å². The molecule has 4 aromatic heterocycles. The average Bonchev–Trinajstić information content (AvgIpc) is 3.32. The van der Waals surface area contributed by atoms with Gasteiger partial charge in [-0.2, -0.15) is 14.7 Å². The highest BCUT2D eigenvalue weighted by molar-refractivity contribution is 7.16. The van der Waals surface area contributed by atoms with Crippen LogP contribution in [-0.2, 0) is 13.5 Å². The number of pyridine rings is 1. The summed E-state index contributed by atoms with van der Waals surface area (Å²) >= 11 is 1.55. The molecule has 26 heavy (non-hydrogen) atoms. The topological polar surface area (TPSA) is 73.8 Å². The first-order valence-corrected chi connectivity index (χ1v) is 9.03. The Morgan fingerprint density at radius 2 is 2.00 bits per heavy atom. The minimum Gasteiger partial charge on any atom is -0.275 e. The van der Waals surface area contributed by atoms with Crippen molar-refractivity contribution in [2.75, 3.05) is 0 Å². The number of fused-ring (bicyclic) bond motifs is 2. The molecule has 0 saturated carbocycles. The summed E-state index contributed by atoms with van der Waals surface area (Å²) in [6.45, 7) is 1.98. The molecule has 0 radical (unpaired) electrons. The van der Waals surface area contributed by atoms with Crippen LogP contribution in [0.1, 0.15) is 16.4 Å². The van der Waals surface area contributed by atoms with Crippen molar-refractivity contribution in [2.24, 2.45) is 7.05 Å². The number of aryl methyl sites for hydroxylation is 2. The second-order valence-corrected chi connectivity index (χ2v) is 7.42. The molecule has 0 aliphatic heterocycles. The molecule has 0 N–H and O–H groups in total. The summed E-state index contributed by atoms with van der Waals surface area (Å²) in [5.74, 6) is 0.847. The van der Waals surface area contributed by atoms with Gasteiger partial charge in [0.25, 0.3) is 0 Å². The molecule has 0 bridgehead atoms. The molecular weight excluding hydrogens is 346 g/mol. The normalized spacial score (nSPS) is 11.6. The molecule has 0 aliphatic carbocycles. The van der Waals surface area contributed by atoms with E-state index in [1.807, 2.05) is 43.1 Å². The maximum absolute atomic E-state index is 4.58. The number of rotatable bonds is 3. The Kier molecular flexibility index (Phi) is 3.32. The van der Waals surface area contributed by atoms with Crippen molar-refractivity contribution in [3.63, 3.8) is 0 Å². The first-order valence-electron chi connectivity index (χ1n) is 8.21. The van der Waals surface area contributed by atoms with Crippen molar-refractivity contribution in [3.8, 4) is 11.1 Å². The van der Waals surface area contributed by atoms with E-state index in [-0.39, 0.29) is 0 Å². The van der Waals surface area contributed by atoms with Crippen LogP contribution in [0.25, 0.3) is 27.0 Å². The fourth-order valence-electron chi connectivity index (χ4n) is 3.07. The van der Waals surface area contributed by atoms with Gasteiger partial charge < -0.3 is 0 Å². The van der Waals surface area contributed by atoms with E-state index < -0.39 is 0 Å². The van der Waals surface area contributed by atoms with E-state index in [0.717, 1.165) is 43.4 Å².